The quantitative estimate of drug-likeness (QED) is 0.838. The van der Waals surface area contributed by atoms with E-state index >= 15 is 0 Å². The van der Waals surface area contributed by atoms with Gasteiger partial charge in [0.05, 0.1) is 10.6 Å². The molecule has 0 bridgehead atoms. The highest BCUT2D eigenvalue weighted by atomic mass is 79.9. The van der Waals surface area contributed by atoms with Crippen LogP contribution in [-0.2, 0) is 10.0 Å². The van der Waals surface area contributed by atoms with Crippen LogP contribution in [0.4, 0.5) is 15.8 Å². The van der Waals surface area contributed by atoms with Gasteiger partial charge in [0.15, 0.2) is 0 Å². The second kappa shape index (κ2) is 6.44. The van der Waals surface area contributed by atoms with Gasteiger partial charge in [0.2, 0.25) is 0 Å². The second-order valence-electron chi connectivity index (χ2n) is 4.28. The van der Waals surface area contributed by atoms with E-state index < -0.39 is 15.8 Å². The maximum Gasteiger partial charge on any atom is 0.261 e. The van der Waals surface area contributed by atoms with Gasteiger partial charge in [-0.1, -0.05) is 15.9 Å². The number of benzene rings is 2. The van der Waals surface area contributed by atoms with Gasteiger partial charge in [0.1, 0.15) is 5.82 Å². The van der Waals surface area contributed by atoms with Crippen molar-refractivity contribution in [2.45, 2.75) is 11.8 Å². The summed E-state index contributed by atoms with van der Waals surface area (Å²) in [6, 6.07) is 10.4. The number of halogens is 2. The number of nitrogens with one attached hydrogen (secondary N) is 2. The minimum absolute atomic E-state index is 0.0754. The Morgan fingerprint density at radius 2 is 1.81 bits per heavy atom. The molecule has 0 heterocycles. The van der Waals surface area contributed by atoms with E-state index in [-0.39, 0.29) is 10.6 Å². The number of sulfonamides is 1. The van der Waals surface area contributed by atoms with Crippen LogP contribution < -0.4 is 10.0 Å². The molecule has 0 amide bonds. The number of hydrogen-bond donors (Lipinski definition) is 2. The molecule has 21 heavy (non-hydrogen) atoms. The lowest BCUT2D eigenvalue weighted by atomic mass is 10.3. The zero-order chi connectivity index (χ0) is 15.5. The predicted octanol–water partition coefficient (Wildman–Crippen LogP) is 3.82. The van der Waals surface area contributed by atoms with Crippen LogP contribution in [0.5, 0.6) is 0 Å². The van der Waals surface area contributed by atoms with Crippen molar-refractivity contribution >= 4 is 37.3 Å². The predicted molar refractivity (Wildman–Crippen MR) is 85.5 cm³/mol. The van der Waals surface area contributed by atoms with Crippen LogP contribution in [0.15, 0.2) is 51.8 Å². The Morgan fingerprint density at radius 1 is 1.14 bits per heavy atom. The fraction of sp³-hybridized carbons (Fsp3) is 0.143. The molecule has 0 radical (unpaired) electrons. The molecule has 0 fully saturated rings. The first-order valence-electron chi connectivity index (χ1n) is 6.24. The molecule has 0 atom stereocenters. The molecule has 2 rings (SSSR count). The zero-order valence-corrected chi connectivity index (χ0v) is 13.6. The van der Waals surface area contributed by atoms with Gasteiger partial charge >= 0.3 is 0 Å². The molecule has 0 spiro atoms. The highest BCUT2D eigenvalue weighted by Crippen LogP contribution is 2.23. The highest BCUT2D eigenvalue weighted by Gasteiger charge is 2.16. The van der Waals surface area contributed by atoms with E-state index in [1.54, 1.807) is 18.2 Å². The normalized spacial score (nSPS) is 11.2. The van der Waals surface area contributed by atoms with Crippen molar-refractivity contribution in [1.82, 2.24) is 0 Å². The maximum atomic E-state index is 13.7. The molecular weight excluding hydrogens is 359 g/mol. The Kier molecular flexibility index (Phi) is 4.84. The Bertz CT molecular complexity index is 733. The smallest absolute Gasteiger partial charge is 0.261 e. The molecule has 0 unspecified atom stereocenters. The molecule has 0 saturated heterocycles. The zero-order valence-electron chi connectivity index (χ0n) is 11.2. The van der Waals surface area contributed by atoms with Gasteiger partial charge in [-0.2, -0.15) is 0 Å². The summed E-state index contributed by atoms with van der Waals surface area (Å²) >= 11 is 3.12. The summed E-state index contributed by atoms with van der Waals surface area (Å²) in [6.45, 7) is 2.69. The average molecular weight is 373 g/mol. The lowest BCUT2D eigenvalue weighted by Gasteiger charge is -2.10. The summed E-state index contributed by atoms with van der Waals surface area (Å²) in [4.78, 5) is 0.0754. The third-order valence-electron chi connectivity index (χ3n) is 2.72. The van der Waals surface area contributed by atoms with Gasteiger partial charge in [0, 0.05) is 16.7 Å². The molecule has 2 aromatic carbocycles. The van der Waals surface area contributed by atoms with Crippen molar-refractivity contribution in [3.8, 4) is 0 Å². The minimum Gasteiger partial charge on any atom is -0.385 e. The van der Waals surface area contributed by atoms with Crippen LogP contribution >= 0.6 is 15.9 Å². The summed E-state index contributed by atoms with van der Waals surface area (Å²) in [7, 11) is -3.81. The van der Waals surface area contributed by atoms with Crippen LogP contribution in [0.2, 0.25) is 0 Å². The molecular formula is C14H14BrFN2O2S. The molecule has 0 saturated carbocycles. The van der Waals surface area contributed by atoms with Crippen molar-refractivity contribution in [3.05, 3.63) is 52.8 Å². The lowest BCUT2D eigenvalue weighted by molar-refractivity contribution is 0.598. The first-order valence-corrected chi connectivity index (χ1v) is 8.52. The van der Waals surface area contributed by atoms with E-state index in [0.717, 1.165) is 12.2 Å². The summed E-state index contributed by atoms with van der Waals surface area (Å²) in [6.07, 6.45) is 0. The van der Waals surface area contributed by atoms with E-state index in [0.29, 0.717) is 4.47 Å². The van der Waals surface area contributed by atoms with E-state index in [4.69, 9.17) is 0 Å². The Morgan fingerprint density at radius 3 is 2.38 bits per heavy atom. The third-order valence-corrected chi connectivity index (χ3v) is 4.60. The van der Waals surface area contributed by atoms with E-state index in [1.807, 2.05) is 6.92 Å². The molecule has 2 N–H and O–H groups in total. The van der Waals surface area contributed by atoms with Crippen molar-refractivity contribution in [1.29, 1.82) is 0 Å². The van der Waals surface area contributed by atoms with Gasteiger partial charge in [-0.25, -0.2) is 12.8 Å². The van der Waals surface area contributed by atoms with Gasteiger partial charge < -0.3 is 5.32 Å². The average Bonchev–Trinajstić information content (AvgIpc) is 2.43. The first-order chi connectivity index (χ1) is 9.92. The first kappa shape index (κ1) is 15.8. The highest BCUT2D eigenvalue weighted by molar-refractivity contribution is 9.10. The van der Waals surface area contributed by atoms with Crippen LogP contribution in [0.3, 0.4) is 0 Å². The maximum absolute atomic E-state index is 13.7. The Balaban J connectivity index is 2.25. The van der Waals surface area contributed by atoms with Crippen molar-refractivity contribution in [2.75, 3.05) is 16.6 Å². The van der Waals surface area contributed by atoms with Gasteiger partial charge in [-0.3, -0.25) is 4.72 Å². The standard InChI is InChI=1S/C14H14BrFN2O2S/c1-2-17-11-4-6-12(7-5-11)21(19,20)18-14-8-3-10(15)9-13(14)16/h3-9,17-18H,2H2,1H3. The topological polar surface area (TPSA) is 58.2 Å². The van der Waals surface area contributed by atoms with Gasteiger partial charge in [0.25, 0.3) is 10.0 Å². The molecule has 2 aromatic rings. The number of rotatable bonds is 5. The SMILES string of the molecule is CCNc1ccc(S(=O)(=O)Nc2ccc(Br)cc2F)cc1. The Labute approximate surface area is 131 Å². The molecule has 7 heteroatoms. The summed E-state index contributed by atoms with van der Waals surface area (Å²) < 4.78 is 40.9. The fourth-order valence-corrected chi connectivity index (χ4v) is 3.13. The second-order valence-corrected chi connectivity index (χ2v) is 6.88. The van der Waals surface area contributed by atoms with Gasteiger partial charge in [-0.05, 0) is 49.4 Å². The minimum atomic E-state index is -3.81. The molecule has 0 aliphatic heterocycles. The van der Waals surface area contributed by atoms with Gasteiger partial charge in [-0.15, -0.1) is 0 Å². The lowest BCUT2D eigenvalue weighted by Crippen LogP contribution is -2.14. The van der Waals surface area contributed by atoms with E-state index in [1.165, 1.54) is 24.3 Å². The van der Waals surface area contributed by atoms with E-state index in [2.05, 4.69) is 26.0 Å². The third kappa shape index (κ3) is 3.95. The van der Waals surface area contributed by atoms with E-state index in [9.17, 15) is 12.8 Å². The van der Waals surface area contributed by atoms with Crippen LogP contribution in [0, 0.1) is 5.82 Å². The summed E-state index contributed by atoms with van der Waals surface area (Å²) in [5.41, 5.74) is 0.736. The Hall–Kier alpha value is -1.60. The molecule has 0 aliphatic rings. The van der Waals surface area contributed by atoms with Crippen LogP contribution in [0.25, 0.3) is 0 Å². The van der Waals surface area contributed by atoms with Crippen molar-refractivity contribution in [3.63, 3.8) is 0 Å². The van der Waals surface area contributed by atoms with Crippen molar-refractivity contribution < 1.29 is 12.8 Å². The monoisotopic (exact) mass is 372 g/mol. The molecule has 112 valence electrons. The molecule has 4 nitrogen and oxygen atoms in total. The molecule has 0 aliphatic carbocycles. The number of anilines is 2. The van der Waals surface area contributed by atoms with Crippen LogP contribution in [-0.4, -0.2) is 15.0 Å². The summed E-state index contributed by atoms with van der Waals surface area (Å²) in [5.74, 6) is -0.641. The van der Waals surface area contributed by atoms with Crippen LogP contribution in [0.1, 0.15) is 6.92 Å². The van der Waals surface area contributed by atoms with Crippen molar-refractivity contribution in [2.24, 2.45) is 0 Å². The largest absolute Gasteiger partial charge is 0.385 e. The number of hydrogen-bond acceptors (Lipinski definition) is 3. The summed E-state index contributed by atoms with van der Waals surface area (Å²) in [5, 5.41) is 3.07. The fourth-order valence-electron chi connectivity index (χ4n) is 1.73. The molecule has 0 aromatic heterocycles.